The average Bonchev–Trinajstić information content (AvgIpc) is 2.89. The van der Waals surface area contributed by atoms with Crippen LogP contribution in [0, 0.1) is 0 Å². The van der Waals surface area contributed by atoms with E-state index in [0.717, 1.165) is 26.1 Å². The molecule has 0 unspecified atom stereocenters. The van der Waals surface area contributed by atoms with Gasteiger partial charge in [0, 0.05) is 24.6 Å². The average molecular weight is 380 g/mol. The van der Waals surface area contributed by atoms with Gasteiger partial charge in [-0.1, -0.05) is 13.3 Å². The van der Waals surface area contributed by atoms with Crippen molar-refractivity contribution >= 4 is 27.3 Å². The summed E-state index contributed by atoms with van der Waals surface area (Å²) in [6, 6.07) is 4.19. The second kappa shape index (κ2) is 13.7. The molecule has 0 bridgehead atoms. The van der Waals surface area contributed by atoms with Crippen molar-refractivity contribution in [1.82, 2.24) is 5.32 Å². The Morgan fingerprint density at radius 1 is 1.00 bits per heavy atom. The van der Waals surface area contributed by atoms with Crippen LogP contribution in [0.25, 0.3) is 0 Å². The lowest BCUT2D eigenvalue weighted by Crippen LogP contribution is -2.20. The Morgan fingerprint density at radius 3 is 2.29 bits per heavy atom. The van der Waals surface area contributed by atoms with Crippen LogP contribution in [0.5, 0.6) is 0 Å². The van der Waals surface area contributed by atoms with E-state index in [-0.39, 0.29) is 0 Å². The molecule has 0 atom stereocenters. The van der Waals surface area contributed by atoms with Gasteiger partial charge in [-0.05, 0) is 34.5 Å². The summed E-state index contributed by atoms with van der Waals surface area (Å²) in [4.78, 5) is 1.33. The third kappa shape index (κ3) is 11.3. The predicted molar refractivity (Wildman–Crippen MR) is 91.1 cm³/mol. The first kappa shape index (κ1) is 19.1. The van der Waals surface area contributed by atoms with Gasteiger partial charge in [-0.25, -0.2) is 0 Å². The van der Waals surface area contributed by atoms with Crippen LogP contribution in [0.4, 0.5) is 0 Å². The van der Waals surface area contributed by atoms with Crippen molar-refractivity contribution in [2.24, 2.45) is 0 Å². The monoisotopic (exact) mass is 379 g/mol. The van der Waals surface area contributed by atoms with E-state index in [1.807, 2.05) is 0 Å². The summed E-state index contributed by atoms with van der Waals surface area (Å²) >= 11 is 5.21. The summed E-state index contributed by atoms with van der Waals surface area (Å²) < 4.78 is 17.5. The maximum atomic E-state index is 5.49. The van der Waals surface area contributed by atoms with E-state index in [0.29, 0.717) is 33.0 Å². The molecule has 0 amide bonds. The molecule has 1 aromatic heterocycles. The highest BCUT2D eigenvalue weighted by atomic mass is 79.9. The molecule has 0 aromatic carbocycles. The maximum Gasteiger partial charge on any atom is 0.0701 e. The summed E-state index contributed by atoms with van der Waals surface area (Å²) in [6.07, 6.45) is 2.30. The number of nitrogens with one attached hydrogen (secondary N) is 1. The molecule has 1 rings (SSSR count). The second-order valence-electron chi connectivity index (χ2n) is 4.57. The quantitative estimate of drug-likeness (QED) is 0.502. The minimum atomic E-state index is 0.634. The van der Waals surface area contributed by atoms with Crippen LogP contribution in [0.3, 0.4) is 0 Å². The molecular formula is C15H26BrNO3S. The van der Waals surface area contributed by atoms with Crippen molar-refractivity contribution in [3.8, 4) is 0 Å². The van der Waals surface area contributed by atoms with Crippen molar-refractivity contribution in [1.29, 1.82) is 0 Å². The van der Waals surface area contributed by atoms with Crippen LogP contribution in [0.1, 0.15) is 24.6 Å². The third-order valence-electron chi connectivity index (χ3n) is 2.74. The van der Waals surface area contributed by atoms with Gasteiger partial charge >= 0.3 is 0 Å². The predicted octanol–water partition coefficient (Wildman–Crippen LogP) is 3.45. The Morgan fingerprint density at radius 2 is 1.67 bits per heavy atom. The SMILES string of the molecule is CCCCOCCOCCOCCNCc1ccc(Br)s1. The van der Waals surface area contributed by atoms with E-state index in [4.69, 9.17) is 14.2 Å². The van der Waals surface area contributed by atoms with Crippen LogP contribution in [-0.2, 0) is 20.8 Å². The highest BCUT2D eigenvalue weighted by molar-refractivity contribution is 9.11. The first-order chi connectivity index (χ1) is 10.3. The first-order valence-corrected chi connectivity index (χ1v) is 9.12. The molecule has 122 valence electrons. The highest BCUT2D eigenvalue weighted by Gasteiger charge is 1.97. The molecule has 0 aliphatic heterocycles. The van der Waals surface area contributed by atoms with Crippen LogP contribution in [0.15, 0.2) is 15.9 Å². The van der Waals surface area contributed by atoms with Crippen LogP contribution in [-0.4, -0.2) is 46.2 Å². The number of thiophene rings is 1. The summed E-state index contributed by atoms with van der Waals surface area (Å²) in [6.45, 7) is 8.06. The molecule has 0 spiro atoms. The summed E-state index contributed by atoms with van der Waals surface area (Å²) in [5.74, 6) is 0. The van der Waals surface area contributed by atoms with E-state index in [1.54, 1.807) is 11.3 Å². The number of halogens is 1. The van der Waals surface area contributed by atoms with Crippen molar-refractivity contribution in [2.75, 3.05) is 46.2 Å². The number of hydrogen-bond acceptors (Lipinski definition) is 5. The Kier molecular flexibility index (Phi) is 12.4. The van der Waals surface area contributed by atoms with E-state index >= 15 is 0 Å². The topological polar surface area (TPSA) is 39.7 Å². The number of rotatable bonds is 14. The third-order valence-corrected chi connectivity index (χ3v) is 4.36. The molecule has 1 heterocycles. The smallest absolute Gasteiger partial charge is 0.0701 e. The van der Waals surface area contributed by atoms with E-state index in [2.05, 4.69) is 40.3 Å². The molecule has 0 aliphatic carbocycles. The molecule has 1 aromatic rings. The number of ether oxygens (including phenoxy) is 3. The van der Waals surface area contributed by atoms with Crippen molar-refractivity contribution in [2.45, 2.75) is 26.3 Å². The highest BCUT2D eigenvalue weighted by Crippen LogP contribution is 2.21. The Bertz CT molecular complexity index is 349. The molecule has 0 saturated carbocycles. The second-order valence-corrected chi connectivity index (χ2v) is 7.12. The van der Waals surface area contributed by atoms with Crippen molar-refractivity contribution in [3.05, 3.63) is 20.8 Å². The normalized spacial score (nSPS) is 11.1. The molecular weight excluding hydrogens is 354 g/mol. The van der Waals surface area contributed by atoms with Crippen molar-refractivity contribution < 1.29 is 14.2 Å². The largest absolute Gasteiger partial charge is 0.379 e. The Labute approximate surface area is 140 Å². The molecule has 1 N–H and O–H groups in total. The molecule has 6 heteroatoms. The first-order valence-electron chi connectivity index (χ1n) is 7.51. The number of unbranched alkanes of at least 4 members (excludes halogenated alkanes) is 1. The lowest BCUT2D eigenvalue weighted by atomic mass is 10.4. The van der Waals surface area contributed by atoms with Gasteiger partial charge < -0.3 is 19.5 Å². The number of hydrogen-bond donors (Lipinski definition) is 1. The Balaban J connectivity index is 1.74. The molecule has 0 saturated heterocycles. The van der Waals surface area contributed by atoms with E-state index in [1.165, 1.54) is 15.1 Å². The molecule has 0 radical (unpaired) electrons. The van der Waals surface area contributed by atoms with Crippen LogP contribution < -0.4 is 5.32 Å². The molecule has 0 aliphatic rings. The van der Waals surface area contributed by atoms with Crippen LogP contribution in [0.2, 0.25) is 0 Å². The van der Waals surface area contributed by atoms with Gasteiger partial charge in [0.2, 0.25) is 0 Å². The minimum Gasteiger partial charge on any atom is -0.379 e. The maximum absolute atomic E-state index is 5.49. The van der Waals surface area contributed by atoms with E-state index < -0.39 is 0 Å². The summed E-state index contributed by atoms with van der Waals surface area (Å²) in [5.41, 5.74) is 0. The lowest BCUT2D eigenvalue weighted by molar-refractivity contribution is 0.0146. The van der Waals surface area contributed by atoms with Crippen molar-refractivity contribution in [3.63, 3.8) is 0 Å². The fourth-order valence-corrected chi connectivity index (χ4v) is 3.04. The summed E-state index contributed by atoms with van der Waals surface area (Å²) in [7, 11) is 0. The minimum absolute atomic E-state index is 0.634. The van der Waals surface area contributed by atoms with Gasteiger partial charge in [-0.15, -0.1) is 11.3 Å². The van der Waals surface area contributed by atoms with Gasteiger partial charge in [0.1, 0.15) is 0 Å². The standard InChI is InChI=1S/C15H26BrNO3S/c1-2-3-7-18-9-11-20-12-10-19-8-6-17-13-14-4-5-15(16)21-14/h4-5,17H,2-3,6-13H2,1H3. The van der Waals surface area contributed by atoms with Crippen LogP contribution >= 0.6 is 27.3 Å². The lowest BCUT2D eigenvalue weighted by Gasteiger charge is -2.07. The fourth-order valence-electron chi connectivity index (χ4n) is 1.59. The van der Waals surface area contributed by atoms with Gasteiger partial charge in [-0.2, -0.15) is 0 Å². The van der Waals surface area contributed by atoms with Gasteiger partial charge in [-0.3, -0.25) is 0 Å². The summed E-state index contributed by atoms with van der Waals surface area (Å²) in [5, 5.41) is 3.35. The van der Waals surface area contributed by atoms with E-state index in [9.17, 15) is 0 Å². The fraction of sp³-hybridized carbons (Fsp3) is 0.733. The molecule has 21 heavy (non-hydrogen) atoms. The zero-order valence-corrected chi connectivity index (χ0v) is 15.1. The Hall–Kier alpha value is 0.0200. The zero-order chi connectivity index (χ0) is 15.2. The van der Waals surface area contributed by atoms with Gasteiger partial charge in [0.05, 0.1) is 36.8 Å². The zero-order valence-electron chi connectivity index (χ0n) is 12.7. The molecule has 0 fully saturated rings. The van der Waals surface area contributed by atoms with Gasteiger partial charge in [0.25, 0.3) is 0 Å². The molecule has 4 nitrogen and oxygen atoms in total. The van der Waals surface area contributed by atoms with Gasteiger partial charge in [0.15, 0.2) is 0 Å².